The van der Waals surface area contributed by atoms with Gasteiger partial charge in [0.1, 0.15) is 11.8 Å². The number of fused-ring (bicyclic) bond motifs is 7. The predicted molar refractivity (Wildman–Crippen MR) is 242 cm³/mol. The van der Waals surface area contributed by atoms with Gasteiger partial charge in [0.05, 0.1) is 30.6 Å². The van der Waals surface area contributed by atoms with Gasteiger partial charge >= 0.3 is 25.9 Å². The lowest BCUT2D eigenvalue weighted by Gasteiger charge is -2.72. The number of aromatic nitrogens is 2. The molecule has 1 aromatic rings. The SMILES string of the molecule is COP(=O)(OC)OCn1nc(C(F)(F)F)cc1C(=O)NC1(C(=O)N[C@@]23CC[C@]4(C)[C@H](CC[C@@H]5[C@@]6(C)CC[C@H](OC(=O)[C@H]7C[C@@H](C(=O)O)C7(C)C)C(C)(C)[C@@H]6CC[C@]54C)C2=C(C(C)C)C(=O)C3)COC1. The quantitative estimate of drug-likeness (QED) is 0.126. The van der Waals surface area contributed by atoms with Gasteiger partial charge in [-0.25, -0.2) is 9.25 Å². The maximum Gasteiger partial charge on any atom is 0.476 e. The lowest BCUT2D eigenvalue weighted by atomic mass is 9.33. The average Bonchev–Trinajstić information content (AvgIpc) is 3.81. The van der Waals surface area contributed by atoms with E-state index in [1.807, 2.05) is 27.7 Å². The third-order valence-corrected chi connectivity index (χ3v) is 20.7. The van der Waals surface area contributed by atoms with E-state index >= 15 is 0 Å². The van der Waals surface area contributed by atoms with Gasteiger partial charge in [0.25, 0.3) is 11.8 Å². The first kappa shape index (κ1) is 51.7. The molecule has 5 saturated carbocycles. The highest BCUT2D eigenvalue weighted by Crippen LogP contribution is 2.76. The van der Waals surface area contributed by atoms with Crippen molar-refractivity contribution < 1.29 is 69.9 Å². The summed E-state index contributed by atoms with van der Waals surface area (Å²) in [6.07, 6.45) is 1.28. The molecule has 1 aliphatic heterocycles. The minimum absolute atomic E-state index is 0.0400. The van der Waals surface area contributed by atoms with E-state index in [-0.39, 0.29) is 83.3 Å². The number of phosphoric ester groups is 1. The summed E-state index contributed by atoms with van der Waals surface area (Å²) < 4.78 is 81.3. The Bertz CT molecular complexity index is 2390. The van der Waals surface area contributed by atoms with E-state index in [0.29, 0.717) is 35.9 Å². The third kappa shape index (κ3) is 7.87. The molecule has 6 fully saturated rings. The van der Waals surface area contributed by atoms with Crippen LogP contribution in [0.15, 0.2) is 17.2 Å². The number of halogens is 3. The monoisotopic (exact) mass is 994 g/mol. The fourth-order valence-corrected chi connectivity index (χ4v) is 15.8. The molecule has 384 valence electrons. The van der Waals surface area contributed by atoms with Gasteiger partial charge in [0.15, 0.2) is 23.7 Å². The zero-order chi connectivity index (χ0) is 50.9. The number of esters is 1. The molecule has 0 unspecified atom stereocenters. The molecule has 2 heterocycles. The Kier molecular flexibility index (Phi) is 12.7. The molecule has 69 heavy (non-hydrogen) atoms. The van der Waals surface area contributed by atoms with Crippen molar-refractivity contribution in [2.45, 2.75) is 157 Å². The number of aliphatic carboxylic acids is 1. The van der Waals surface area contributed by atoms with Gasteiger partial charge in [-0.2, -0.15) is 18.3 Å². The molecular weight excluding hydrogens is 925 g/mol. The van der Waals surface area contributed by atoms with Gasteiger partial charge in [0.2, 0.25) is 0 Å². The van der Waals surface area contributed by atoms with Crippen molar-refractivity contribution in [2.75, 3.05) is 27.4 Å². The number of carbonyl (C=O) groups excluding carboxylic acids is 4. The van der Waals surface area contributed by atoms with Crippen molar-refractivity contribution in [1.29, 1.82) is 0 Å². The minimum atomic E-state index is -4.97. The molecule has 7 aliphatic rings. The number of ketones is 1. The number of ether oxygens (including phenoxy) is 2. The van der Waals surface area contributed by atoms with E-state index < -0.39 is 78.2 Å². The van der Waals surface area contributed by atoms with E-state index in [0.717, 1.165) is 57.5 Å². The van der Waals surface area contributed by atoms with Crippen molar-refractivity contribution >= 4 is 37.4 Å². The number of Topliss-reactive ketones (excluding diaryl/α,β-unsaturated/α-hetero) is 1. The van der Waals surface area contributed by atoms with Crippen LogP contribution in [0.5, 0.6) is 0 Å². The normalized spacial score (nSPS) is 36.5. The smallest absolute Gasteiger partial charge is 0.476 e. The highest BCUT2D eigenvalue weighted by Gasteiger charge is 2.71. The second-order valence-corrected chi connectivity index (χ2v) is 25.4. The van der Waals surface area contributed by atoms with Crippen LogP contribution in [0.3, 0.4) is 0 Å². The summed E-state index contributed by atoms with van der Waals surface area (Å²) in [6.45, 7) is 17.9. The van der Waals surface area contributed by atoms with E-state index in [1.54, 1.807) is 0 Å². The summed E-state index contributed by atoms with van der Waals surface area (Å²) >= 11 is 0. The number of rotatable bonds is 13. The molecule has 2 amide bonds. The Morgan fingerprint density at radius 3 is 2.13 bits per heavy atom. The highest BCUT2D eigenvalue weighted by molar-refractivity contribution is 7.48. The zero-order valence-electron chi connectivity index (χ0n) is 41.7. The van der Waals surface area contributed by atoms with Gasteiger partial charge in [-0.1, -0.05) is 62.3 Å². The maximum absolute atomic E-state index is 14.8. The van der Waals surface area contributed by atoms with E-state index in [1.165, 1.54) is 0 Å². The highest BCUT2D eigenvalue weighted by atomic mass is 31.2. The first-order chi connectivity index (χ1) is 31.9. The summed E-state index contributed by atoms with van der Waals surface area (Å²) in [5.41, 5.74) is -4.74. The predicted octanol–water partition coefficient (Wildman–Crippen LogP) is 8.28. The zero-order valence-corrected chi connectivity index (χ0v) is 42.6. The summed E-state index contributed by atoms with van der Waals surface area (Å²) in [4.78, 5) is 68.7. The number of allylic oxidation sites excluding steroid dienone is 1. The van der Waals surface area contributed by atoms with Crippen LogP contribution in [-0.4, -0.2) is 89.0 Å². The van der Waals surface area contributed by atoms with Crippen LogP contribution in [0.1, 0.15) is 143 Å². The fourth-order valence-electron chi connectivity index (χ4n) is 15.2. The molecule has 0 aromatic carbocycles. The van der Waals surface area contributed by atoms with Crippen molar-refractivity contribution in [2.24, 2.45) is 62.6 Å². The van der Waals surface area contributed by atoms with Crippen molar-refractivity contribution in [3.8, 4) is 0 Å². The van der Waals surface area contributed by atoms with Crippen molar-refractivity contribution in [3.63, 3.8) is 0 Å². The number of nitrogens with zero attached hydrogens (tertiary/aromatic N) is 2. The Hall–Kier alpha value is -3.64. The number of hydrogen-bond donors (Lipinski definition) is 3. The number of amides is 2. The summed E-state index contributed by atoms with van der Waals surface area (Å²) in [5, 5.41) is 19.1. The molecule has 8 rings (SSSR count). The molecule has 0 bridgehead atoms. The second-order valence-electron chi connectivity index (χ2n) is 23.5. The fraction of sp³-hybridized carbons (Fsp3) is 0.796. The van der Waals surface area contributed by atoms with Crippen molar-refractivity contribution in [3.05, 3.63) is 28.6 Å². The molecule has 6 aliphatic carbocycles. The van der Waals surface area contributed by atoms with Gasteiger partial charge in [0, 0.05) is 32.1 Å². The number of carboxylic acid groups (broad SMARTS) is 1. The number of hydrogen-bond acceptors (Lipinski definition) is 12. The Morgan fingerprint density at radius 1 is 0.899 bits per heavy atom. The van der Waals surface area contributed by atoms with Crippen LogP contribution in [0, 0.1) is 62.6 Å². The lowest BCUT2D eigenvalue weighted by molar-refractivity contribution is -0.235. The van der Waals surface area contributed by atoms with E-state index in [2.05, 4.69) is 50.4 Å². The van der Waals surface area contributed by atoms with Gasteiger partial charge in [-0.15, -0.1) is 0 Å². The first-order valence-electron chi connectivity index (χ1n) is 24.4. The third-order valence-electron chi connectivity index (χ3n) is 19.4. The van der Waals surface area contributed by atoms with Gasteiger partial charge in [-0.3, -0.25) is 37.5 Å². The van der Waals surface area contributed by atoms with Crippen LogP contribution >= 0.6 is 7.82 Å². The molecule has 0 spiro atoms. The number of carbonyl (C=O) groups is 5. The van der Waals surface area contributed by atoms with E-state index in [4.69, 9.17) is 23.0 Å². The summed E-state index contributed by atoms with van der Waals surface area (Å²) in [5.74, 6) is -3.65. The maximum atomic E-state index is 14.8. The molecule has 16 nitrogen and oxygen atoms in total. The standard InChI is InChI=1S/C49H70F3N4O12P/c1-26(2)36-31(57)22-47(54-41(62)48(23-66-24-48)53-38(58)30-21-34(49(50,51)52)55-56(30)25-67-69(63,64-10)65-11)19-18-45(8)27(37(36)47)12-13-33-44(7)16-15-35(43(5,6)32(44)14-17-46(33,45)9)68-40(61)29-20-28(39(59)60)42(29,3)4/h21,26-29,32-33,35H,12-20,22-25H2,1-11H3,(H,53,58)(H,54,62)(H,59,60)/t27-,28+,29-,32+,33-,35+,44+,45-,46-,47-/m1/s1. The van der Waals surface area contributed by atoms with Gasteiger partial charge < -0.3 is 25.2 Å². The molecule has 10 atom stereocenters. The average molecular weight is 995 g/mol. The molecule has 1 aromatic heterocycles. The van der Waals surface area contributed by atoms with Gasteiger partial charge in [-0.05, 0) is 114 Å². The molecule has 20 heteroatoms. The summed E-state index contributed by atoms with van der Waals surface area (Å²) in [7, 11) is -2.18. The number of nitrogens with one attached hydrogen (secondary N) is 2. The Labute approximate surface area is 401 Å². The molecule has 0 radical (unpaired) electrons. The molecule has 1 saturated heterocycles. The first-order valence-corrected chi connectivity index (χ1v) is 25.8. The van der Waals surface area contributed by atoms with E-state index in [9.17, 15) is 46.8 Å². The Balaban J connectivity index is 1.04. The number of alkyl halides is 3. The number of carboxylic acids is 1. The van der Waals surface area contributed by atoms with Crippen LogP contribution in [-0.2, 0) is 59.7 Å². The minimum Gasteiger partial charge on any atom is -0.481 e. The molecular formula is C49H70F3N4O12P. The largest absolute Gasteiger partial charge is 0.481 e. The van der Waals surface area contributed by atoms with Crippen LogP contribution in [0.25, 0.3) is 0 Å². The van der Waals surface area contributed by atoms with Crippen LogP contribution in [0.2, 0.25) is 0 Å². The lowest BCUT2D eigenvalue weighted by Crippen LogP contribution is -2.73. The second kappa shape index (κ2) is 17.0. The topological polar surface area (TPSA) is 211 Å². The Morgan fingerprint density at radius 2 is 1.57 bits per heavy atom. The molecule has 3 N–H and O–H groups in total. The number of phosphoric acid groups is 1. The van der Waals surface area contributed by atoms with Crippen LogP contribution < -0.4 is 10.6 Å². The van der Waals surface area contributed by atoms with Crippen LogP contribution in [0.4, 0.5) is 13.2 Å². The summed E-state index contributed by atoms with van der Waals surface area (Å²) in [6, 6.07) is 0.503. The van der Waals surface area contributed by atoms with Crippen molar-refractivity contribution in [1.82, 2.24) is 20.4 Å².